The van der Waals surface area contributed by atoms with Gasteiger partial charge in [-0.15, -0.1) is 0 Å². The van der Waals surface area contributed by atoms with Crippen molar-refractivity contribution in [3.63, 3.8) is 0 Å². The molecule has 12 nitrogen and oxygen atoms in total. The van der Waals surface area contributed by atoms with Crippen LogP contribution in [0.25, 0.3) is 0 Å². The third-order valence-electron chi connectivity index (χ3n) is 3.10. The second kappa shape index (κ2) is 72.8. The summed E-state index contributed by atoms with van der Waals surface area (Å²) in [4.78, 5) is 24.3. The fourth-order valence-corrected chi connectivity index (χ4v) is 0.334. The first-order chi connectivity index (χ1) is 18.5. The Bertz CT molecular complexity index is 568. The molecule has 0 rings (SSSR count). The smallest absolute Gasteiger partial charge is 0 e. The molecule has 0 aliphatic carbocycles. The Hall–Kier alpha value is 2.18. The summed E-state index contributed by atoms with van der Waals surface area (Å²) in [7, 11) is 7.19. The predicted molar refractivity (Wildman–Crippen MR) is 175 cm³/mol. The maximum Gasteiger partial charge on any atom is 0 e. The number of alkyl halides is 3. The Kier molecular flexibility index (Phi) is 137. The van der Waals surface area contributed by atoms with Crippen LogP contribution in [0.15, 0.2) is 0 Å². The molecule has 0 aromatic carbocycles. The zero-order chi connectivity index (χ0) is 35.2. The van der Waals surface area contributed by atoms with Crippen molar-refractivity contribution in [3.05, 3.63) is 25.6 Å². The minimum absolute atomic E-state index is 0. The van der Waals surface area contributed by atoms with Crippen LogP contribution < -0.4 is 11.2 Å². The van der Waals surface area contributed by atoms with Gasteiger partial charge in [0, 0.05) is 98.1 Å². The number of aliphatic hydroxyl groups excluding tert-OH is 2. The van der Waals surface area contributed by atoms with E-state index in [0.29, 0.717) is 26.5 Å². The molecule has 0 aromatic heterocycles. The fourth-order valence-electron chi connectivity index (χ4n) is 0.334. The van der Waals surface area contributed by atoms with Gasteiger partial charge in [0.1, 0.15) is 0 Å². The summed E-state index contributed by atoms with van der Waals surface area (Å²) >= 11 is 15.5. The van der Waals surface area contributed by atoms with Gasteiger partial charge in [0.05, 0.1) is 5.71 Å². The average Bonchev–Trinajstić information content (AvgIpc) is 2.81. The maximum absolute atomic E-state index is 10.3. The van der Waals surface area contributed by atoms with Crippen LogP contribution in [0, 0.1) is 31.0 Å². The quantitative estimate of drug-likeness (QED) is 0.0794. The predicted octanol–water partition coefficient (Wildman–Crippen LogP) is 4.54. The number of hydrogen-bond acceptors (Lipinski definition) is 10. The molecule has 0 atom stereocenters. The van der Waals surface area contributed by atoms with Crippen LogP contribution in [0.2, 0.25) is 6.82 Å². The Morgan fingerprint density at radius 1 is 0.978 bits per heavy atom. The number of halogens is 6. The molecule has 46 heavy (non-hydrogen) atoms. The summed E-state index contributed by atoms with van der Waals surface area (Å²) in [5.74, 6) is 4.41. The molecule has 271 valence electrons. The van der Waals surface area contributed by atoms with Gasteiger partial charge >= 0.3 is 86.5 Å². The van der Waals surface area contributed by atoms with Crippen LogP contribution in [0.4, 0.5) is 13.3 Å². The van der Waals surface area contributed by atoms with E-state index in [2.05, 4.69) is 34.8 Å². The van der Waals surface area contributed by atoms with Gasteiger partial charge in [0.2, 0.25) is 3.79 Å². The molecular formula is C22H50B3Cl3F3N5O7Y3-6. The molecule has 0 aliphatic rings. The third-order valence-corrected chi connectivity index (χ3v) is 3.95. The summed E-state index contributed by atoms with van der Waals surface area (Å²) in [6.45, 7) is 15.4. The number of nitrogens with one attached hydrogen (secondary N) is 2. The van der Waals surface area contributed by atoms with Gasteiger partial charge in [0.25, 0.3) is 0 Å². The molecule has 0 aromatic rings. The molecule has 0 fully saturated rings. The number of nitrogens with zero attached hydrogens (tertiary/aromatic N) is 2. The van der Waals surface area contributed by atoms with Gasteiger partial charge in [-0.2, -0.15) is 27.7 Å². The van der Waals surface area contributed by atoms with E-state index in [1.165, 1.54) is 19.0 Å². The molecule has 0 saturated heterocycles. The van der Waals surface area contributed by atoms with E-state index in [4.69, 9.17) is 60.0 Å². The van der Waals surface area contributed by atoms with Crippen molar-refractivity contribution < 1.29 is 146 Å². The van der Waals surface area contributed by atoms with Gasteiger partial charge in [-0.3, -0.25) is 25.4 Å². The van der Waals surface area contributed by atoms with Crippen molar-refractivity contribution in [2.45, 2.75) is 59.1 Å². The Morgan fingerprint density at radius 3 is 1.22 bits per heavy atom. The molecule has 0 saturated carbocycles. The molecule has 0 spiro atoms. The van der Waals surface area contributed by atoms with E-state index in [1.54, 1.807) is 0 Å². The second-order valence-electron chi connectivity index (χ2n) is 7.41. The molecule has 0 heterocycles. The fraction of sp³-hybridized carbons (Fsp3) is 0.682. The normalized spacial score (nSPS) is 7.80. The molecule has 0 amide bonds. The molecule has 0 aliphatic heterocycles. The van der Waals surface area contributed by atoms with Gasteiger partial charge in [-0.25, -0.2) is 0 Å². The minimum Gasteiger partial charge on any atom is -0.665 e. The first-order valence-corrected chi connectivity index (χ1v) is 12.2. The molecule has 0 unspecified atom stereocenters. The van der Waals surface area contributed by atoms with Gasteiger partial charge < -0.3 is 42.9 Å². The third kappa shape index (κ3) is 175. The van der Waals surface area contributed by atoms with Crippen molar-refractivity contribution in [2.24, 2.45) is 5.90 Å². The first-order valence-electron chi connectivity index (χ1n) is 11.1. The SMILES string of the molecule is CB(F)F.CC(=N)C(Cl)(Cl)Cl.CN[C-](C)C.C[C-](C)N(C)C.C[C-](C)N(C)CB=O.F.NOCB=O.O=[C-]O.O=[C-]O.[CH3-].[Y].[Y].[Y]. The van der Waals surface area contributed by atoms with Gasteiger partial charge in [0.15, 0.2) is 0 Å². The van der Waals surface area contributed by atoms with E-state index in [1.807, 2.05) is 60.8 Å². The van der Waals surface area contributed by atoms with Crippen molar-refractivity contribution in [2.75, 3.05) is 41.1 Å². The van der Waals surface area contributed by atoms with Crippen LogP contribution >= 0.6 is 34.8 Å². The first kappa shape index (κ1) is 86.7. The van der Waals surface area contributed by atoms with Crippen LogP contribution in [0.5, 0.6) is 0 Å². The van der Waals surface area contributed by atoms with Crippen molar-refractivity contribution >= 4 is 75.0 Å². The number of hydrogen-bond donors (Lipinski definition) is 5. The zero-order valence-corrected chi connectivity index (χ0v) is 39.9. The van der Waals surface area contributed by atoms with Crippen LogP contribution in [0.1, 0.15) is 48.5 Å². The summed E-state index contributed by atoms with van der Waals surface area (Å²) in [6, 6.07) is 3.76. The number of rotatable bonds is 7. The van der Waals surface area contributed by atoms with Crippen LogP contribution in [-0.4, -0.2) is 105 Å². The number of nitrogens with two attached hydrogens (primary N) is 1. The Labute approximate surface area is 368 Å². The molecule has 24 heteroatoms. The Balaban J connectivity index is -0.0000000247. The van der Waals surface area contributed by atoms with Crippen LogP contribution in [0.3, 0.4) is 0 Å². The second-order valence-corrected chi connectivity index (χ2v) is 9.69. The van der Waals surface area contributed by atoms with Crippen LogP contribution in [-0.2, 0) is 122 Å². The van der Waals surface area contributed by atoms with E-state index >= 15 is 0 Å². The van der Waals surface area contributed by atoms with E-state index in [9.17, 15) is 18.0 Å². The van der Waals surface area contributed by atoms with E-state index < -0.39 is 11.1 Å². The summed E-state index contributed by atoms with van der Waals surface area (Å²) < 4.78 is 38.2. The summed E-state index contributed by atoms with van der Waals surface area (Å²) in [6.07, 6.45) is 0.502. The largest absolute Gasteiger partial charge is 0.665 e. The average molecular weight is 959 g/mol. The molecule has 3 radical (unpaired) electrons. The maximum atomic E-state index is 10.3. The molecule has 0 bridgehead atoms. The van der Waals surface area contributed by atoms with Crippen molar-refractivity contribution in [1.29, 1.82) is 5.41 Å². The minimum atomic E-state index is -2.17. The summed E-state index contributed by atoms with van der Waals surface area (Å²) in [5.41, 5.74) is 0.0394. The van der Waals surface area contributed by atoms with E-state index in [-0.39, 0.29) is 122 Å². The zero-order valence-electron chi connectivity index (χ0n) is 29.1. The van der Waals surface area contributed by atoms with Crippen molar-refractivity contribution in [1.82, 2.24) is 15.1 Å². The van der Waals surface area contributed by atoms with Gasteiger partial charge in [-0.1, -0.05) is 47.7 Å². The standard InChI is InChI=1S/C5H11BNO.C5H12N.C4H10N.C3H4Cl3N.CH3BF2.CH4BNO2.2CHO2.CH3.FH.3Y/c1-5(2)7(3)4-6-8;1-5(2)6(3)4;1-4(2)5-3;1-2(7)3(4,5)6;1-2(3)4;3-5-1-2-4;2*2-1-3;;;;;/h4H2,1-3H3;1-4H3;5H,1-3H3;7H,1H3;1H3;1,3H2;2*(H,2,3);1H3;1H;;;/q3*-1;;;;3*-1;;;;. The summed E-state index contributed by atoms with van der Waals surface area (Å²) in [5, 5.41) is 23.2. The van der Waals surface area contributed by atoms with Gasteiger partial charge in [-0.05, 0) is 34.9 Å². The molecule has 6 N–H and O–H groups in total. The molecular weight excluding hydrogens is 909 g/mol. The van der Waals surface area contributed by atoms with E-state index in [0.717, 1.165) is 20.0 Å². The Morgan fingerprint density at radius 2 is 1.20 bits per heavy atom. The van der Waals surface area contributed by atoms with Crippen molar-refractivity contribution in [3.8, 4) is 0 Å². The monoisotopic (exact) mass is 958 g/mol. The topological polar surface area (TPSA) is 186 Å².